The first-order valence-corrected chi connectivity index (χ1v) is 6.87. The zero-order valence-corrected chi connectivity index (χ0v) is 11.3. The van der Waals surface area contributed by atoms with Gasteiger partial charge in [-0.3, -0.25) is 24.2 Å². The maximum atomic E-state index is 12.0. The van der Waals surface area contributed by atoms with E-state index in [9.17, 15) is 14.4 Å². The van der Waals surface area contributed by atoms with Crippen molar-refractivity contribution >= 4 is 17.8 Å². The lowest BCUT2D eigenvalue weighted by Gasteiger charge is -2.24. The van der Waals surface area contributed by atoms with E-state index in [1.807, 2.05) is 4.90 Å². The summed E-state index contributed by atoms with van der Waals surface area (Å²) in [5.41, 5.74) is 0. The van der Waals surface area contributed by atoms with E-state index in [0.29, 0.717) is 26.1 Å². The fourth-order valence-corrected chi connectivity index (χ4v) is 2.69. The van der Waals surface area contributed by atoms with Gasteiger partial charge in [-0.1, -0.05) is 0 Å². The Hall–Kier alpha value is -1.43. The molecular formula is C13H20N2O4. The predicted molar refractivity (Wildman–Crippen MR) is 67.2 cm³/mol. The Balaban J connectivity index is 1.92. The Kier molecular flexibility index (Phi) is 4.52. The molecule has 2 fully saturated rings. The van der Waals surface area contributed by atoms with Crippen LogP contribution in [-0.4, -0.2) is 59.9 Å². The summed E-state index contributed by atoms with van der Waals surface area (Å²) in [7, 11) is 0. The quantitative estimate of drug-likeness (QED) is 0.680. The lowest BCUT2D eigenvalue weighted by Crippen LogP contribution is -2.45. The van der Waals surface area contributed by atoms with Crippen molar-refractivity contribution in [3.05, 3.63) is 0 Å². The molecule has 2 aliphatic heterocycles. The predicted octanol–water partition coefficient (Wildman–Crippen LogP) is 0.163. The number of nitrogens with zero attached hydrogens (tertiary/aromatic N) is 2. The van der Waals surface area contributed by atoms with Crippen molar-refractivity contribution in [2.45, 2.75) is 38.6 Å². The standard InChI is InChI=1S/C13H20N2O4/c1-2-19-13(18)10-5-3-7-14(10)9-12(17)15-8-4-6-11(15)16/h10H,2-9H2,1H3. The van der Waals surface area contributed by atoms with E-state index >= 15 is 0 Å². The van der Waals surface area contributed by atoms with Crippen LogP contribution in [0.25, 0.3) is 0 Å². The number of carbonyl (C=O) groups excluding carboxylic acids is 3. The molecule has 0 spiro atoms. The molecule has 6 heteroatoms. The third-order valence-electron chi connectivity index (χ3n) is 3.64. The number of imide groups is 1. The van der Waals surface area contributed by atoms with E-state index in [0.717, 1.165) is 19.3 Å². The van der Waals surface area contributed by atoms with Gasteiger partial charge in [0.1, 0.15) is 6.04 Å². The molecule has 2 rings (SSSR count). The van der Waals surface area contributed by atoms with Crippen molar-refractivity contribution in [2.75, 3.05) is 26.2 Å². The van der Waals surface area contributed by atoms with Crippen LogP contribution < -0.4 is 0 Å². The van der Waals surface area contributed by atoms with E-state index in [4.69, 9.17) is 4.74 Å². The molecule has 0 N–H and O–H groups in total. The van der Waals surface area contributed by atoms with Gasteiger partial charge in [0.25, 0.3) is 0 Å². The molecule has 2 heterocycles. The van der Waals surface area contributed by atoms with Crippen molar-refractivity contribution < 1.29 is 19.1 Å². The van der Waals surface area contributed by atoms with Gasteiger partial charge >= 0.3 is 5.97 Å². The summed E-state index contributed by atoms with van der Waals surface area (Å²) in [5, 5.41) is 0. The highest BCUT2D eigenvalue weighted by molar-refractivity contribution is 5.97. The first kappa shape index (κ1) is 14.0. The molecule has 106 valence electrons. The van der Waals surface area contributed by atoms with E-state index in [2.05, 4.69) is 0 Å². The second-order valence-electron chi connectivity index (χ2n) is 4.92. The van der Waals surface area contributed by atoms with Crippen LogP contribution in [0.15, 0.2) is 0 Å². The molecule has 6 nitrogen and oxygen atoms in total. The van der Waals surface area contributed by atoms with Crippen LogP contribution in [-0.2, 0) is 19.1 Å². The van der Waals surface area contributed by atoms with Crippen LogP contribution in [0.1, 0.15) is 32.6 Å². The number of carbonyl (C=O) groups is 3. The molecule has 19 heavy (non-hydrogen) atoms. The number of hydrogen-bond donors (Lipinski definition) is 0. The van der Waals surface area contributed by atoms with Gasteiger partial charge in [0.05, 0.1) is 13.2 Å². The van der Waals surface area contributed by atoms with Gasteiger partial charge in [0.2, 0.25) is 11.8 Å². The number of rotatable bonds is 4. The summed E-state index contributed by atoms with van der Waals surface area (Å²) < 4.78 is 5.01. The fourth-order valence-electron chi connectivity index (χ4n) is 2.69. The van der Waals surface area contributed by atoms with E-state index in [-0.39, 0.29) is 30.4 Å². The van der Waals surface area contributed by atoms with Gasteiger partial charge in [-0.05, 0) is 32.7 Å². The van der Waals surface area contributed by atoms with Gasteiger partial charge in [0, 0.05) is 13.0 Å². The second kappa shape index (κ2) is 6.14. The van der Waals surface area contributed by atoms with Crippen LogP contribution in [0.2, 0.25) is 0 Å². The molecule has 0 aliphatic carbocycles. The zero-order valence-electron chi connectivity index (χ0n) is 11.3. The van der Waals surface area contributed by atoms with Crippen molar-refractivity contribution in [1.29, 1.82) is 0 Å². The van der Waals surface area contributed by atoms with Gasteiger partial charge in [-0.15, -0.1) is 0 Å². The van der Waals surface area contributed by atoms with Crippen molar-refractivity contribution in [3.63, 3.8) is 0 Å². The normalized spacial score (nSPS) is 23.9. The van der Waals surface area contributed by atoms with Crippen molar-refractivity contribution in [1.82, 2.24) is 9.80 Å². The first-order chi connectivity index (χ1) is 9.13. The minimum atomic E-state index is -0.332. The summed E-state index contributed by atoms with van der Waals surface area (Å²) in [6, 6.07) is -0.332. The highest BCUT2D eigenvalue weighted by Gasteiger charge is 2.35. The molecule has 0 aromatic rings. The molecule has 1 unspecified atom stereocenters. The Labute approximate surface area is 112 Å². The summed E-state index contributed by atoms with van der Waals surface area (Å²) >= 11 is 0. The molecule has 2 saturated heterocycles. The monoisotopic (exact) mass is 268 g/mol. The third kappa shape index (κ3) is 3.12. The Bertz CT molecular complexity index is 383. The summed E-state index contributed by atoms with van der Waals surface area (Å²) in [5.74, 6) is -0.559. The van der Waals surface area contributed by atoms with Crippen molar-refractivity contribution in [3.8, 4) is 0 Å². The molecule has 0 aromatic carbocycles. The summed E-state index contributed by atoms with van der Waals surface area (Å²) in [4.78, 5) is 38.4. The minimum Gasteiger partial charge on any atom is -0.465 e. The van der Waals surface area contributed by atoms with Gasteiger partial charge in [0.15, 0.2) is 0 Å². The Morgan fingerprint density at radius 2 is 2.11 bits per heavy atom. The lowest BCUT2D eigenvalue weighted by atomic mass is 10.2. The Morgan fingerprint density at radius 3 is 2.74 bits per heavy atom. The van der Waals surface area contributed by atoms with Gasteiger partial charge in [-0.25, -0.2) is 0 Å². The first-order valence-electron chi connectivity index (χ1n) is 6.87. The molecule has 2 aliphatic rings. The summed E-state index contributed by atoms with van der Waals surface area (Å²) in [6.07, 6.45) is 2.80. The smallest absolute Gasteiger partial charge is 0.323 e. The third-order valence-corrected chi connectivity index (χ3v) is 3.64. The number of hydrogen-bond acceptors (Lipinski definition) is 5. The van der Waals surface area contributed by atoms with Crippen LogP contribution in [0.4, 0.5) is 0 Å². The molecule has 0 aromatic heterocycles. The molecule has 2 amide bonds. The van der Waals surface area contributed by atoms with Crippen molar-refractivity contribution in [2.24, 2.45) is 0 Å². The van der Waals surface area contributed by atoms with Gasteiger partial charge < -0.3 is 4.74 Å². The average molecular weight is 268 g/mol. The average Bonchev–Trinajstić information content (AvgIpc) is 2.98. The SMILES string of the molecule is CCOC(=O)C1CCCN1CC(=O)N1CCCC1=O. The highest BCUT2D eigenvalue weighted by Crippen LogP contribution is 2.19. The fraction of sp³-hybridized carbons (Fsp3) is 0.769. The molecule has 1 atom stereocenters. The zero-order chi connectivity index (χ0) is 13.8. The lowest BCUT2D eigenvalue weighted by molar-refractivity contribution is -0.149. The van der Waals surface area contributed by atoms with Crippen LogP contribution in [0.5, 0.6) is 0 Å². The van der Waals surface area contributed by atoms with Crippen LogP contribution in [0, 0.1) is 0 Å². The largest absolute Gasteiger partial charge is 0.465 e. The van der Waals surface area contributed by atoms with Crippen LogP contribution >= 0.6 is 0 Å². The van der Waals surface area contributed by atoms with Crippen LogP contribution in [0.3, 0.4) is 0 Å². The molecule has 0 saturated carbocycles. The molecule has 0 radical (unpaired) electrons. The van der Waals surface area contributed by atoms with E-state index in [1.165, 1.54) is 4.90 Å². The highest BCUT2D eigenvalue weighted by atomic mass is 16.5. The minimum absolute atomic E-state index is 0.100. The maximum Gasteiger partial charge on any atom is 0.323 e. The topological polar surface area (TPSA) is 66.9 Å². The number of ether oxygens (including phenoxy) is 1. The van der Waals surface area contributed by atoms with Gasteiger partial charge in [-0.2, -0.15) is 0 Å². The maximum absolute atomic E-state index is 12.0. The molecular weight excluding hydrogens is 248 g/mol. The van der Waals surface area contributed by atoms with E-state index in [1.54, 1.807) is 6.92 Å². The number of likely N-dealkylation sites (tertiary alicyclic amines) is 2. The number of amides is 2. The number of esters is 1. The second-order valence-corrected chi connectivity index (χ2v) is 4.92. The molecule has 0 bridgehead atoms. The summed E-state index contributed by atoms with van der Waals surface area (Å²) in [6.45, 7) is 3.47. The Morgan fingerprint density at radius 1 is 1.32 bits per heavy atom. The van der Waals surface area contributed by atoms with E-state index < -0.39 is 0 Å².